The Hall–Kier alpha value is 0.310. The van der Waals surface area contributed by atoms with Gasteiger partial charge in [-0.2, -0.15) is 11.8 Å². The van der Waals surface area contributed by atoms with E-state index in [-0.39, 0.29) is 5.54 Å². The molecular weight excluding hydrogens is 226 g/mol. The summed E-state index contributed by atoms with van der Waals surface area (Å²) in [7, 11) is 0. The van der Waals surface area contributed by atoms with Crippen LogP contribution in [-0.4, -0.2) is 17.0 Å². The molecule has 0 amide bonds. The highest BCUT2D eigenvalue weighted by Crippen LogP contribution is 2.60. The van der Waals surface area contributed by atoms with Crippen molar-refractivity contribution in [3.8, 4) is 0 Å². The number of nitrogens with two attached hydrogens (primary N) is 1. The Balaban J connectivity index is 1.61. The van der Waals surface area contributed by atoms with Gasteiger partial charge in [-0.05, 0) is 86.0 Å². The van der Waals surface area contributed by atoms with Gasteiger partial charge in [0.25, 0.3) is 0 Å². The van der Waals surface area contributed by atoms with E-state index < -0.39 is 0 Å². The molecule has 5 fully saturated rings. The van der Waals surface area contributed by atoms with Crippen LogP contribution in [0, 0.1) is 29.6 Å². The quantitative estimate of drug-likeness (QED) is 0.774. The zero-order valence-electron chi connectivity index (χ0n) is 10.7. The molecule has 17 heavy (non-hydrogen) atoms. The minimum absolute atomic E-state index is 0.230. The number of rotatable bonds is 1. The van der Waals surface area contributed by atoms with Crippen LogP contribution in [0.2, 0.25) is 0 Å². The Labute approximate surface area is 109 Å². The molecule has 0 spiro atoms. The van der Waals surface area contributed by atoms with Crippen molar-refractivity contribution in [3.05, 3.63) is 0 Å². The van der Waals surface area contributed by atoms with Gasteiger partial charge in [-0.25, -0.2) is 0 Å². The molecular formula is C15H25NS. The molecule has 1 heterocycles. The summed E-state index contributed by atoms with van der Waals surface area (Å²) in [6.45, 7) is 0. The standard InChI is InChI=1S/C15H25NS/c16-15(1-3-17-4-2-15)14-12-6-10-5-11(8-12)9-13(14)7-10/h10-14H,1-9,16H2. The van der Waals surface area contributed by atoms with Crippen LogP contribution >= 0.6 is 11.8 Å². The zero-order chi connectivity index (χ0) is 11.5. The fourth-order valence-electron chi connectivity index (χ4n) is 5.95. The first-order chi connectivity index (χ1) is 8.24. The van der Waals surface area contributed by atoms with E-state index in [1.807, 2.05) is 0 Å². The van der Waals surface area contributed by atoms with E-state index in [2.05, 4.69) is 11.8 Å². The fraction of sp³-hybridized carbons (Fsp3) is 1.00. The van der Waals surface area contributed by atoms with Gasteiger partial charge in [0.1, 0.15) is 0 Å². The van der Waals surface area contributed by atoms with E-state index in [1.165, 1.54) is 50.0 Å². The highest BCUT2D eigenvalue weighted by atomic mass is 32.2. The largest absolute Gasteiger partial charge is 0.325 e. The predicted molar refractivity (Wildman–Crippen MR) is 74.0 cm³/mol. The summed E-state index contributed by atoms with van der Waals surface area (Å²) in [5.74, 6) is 7.75. The Morgan fingerprint density at radius 2 is 1.35 bits per heavy atom. The lowest BCUT2D eigenvalue weighted by atomic mass is 9.47. The predicted octanol–water partition coefficient (Wildman–Crippen LogP) is 3.28. The molecule has 96 valence electrons. The van der Waals surface area contributed by atoms with Crippen LogP contribution in [0.25, 0.3) is 0 Å². The van der Waals surface area contributed by atoms with Crippen LogP contribution in [0.3, 0.4) is 0 Å². The van der Waals surface area contributed by atoms with Crippen molar-refractivity contribution < 1.29 is 0 Å². The summed E-state index contributed by atoms with van der Waals surface area (Å²) in [4.78, 5) is 0. The average Bonchev–Trinajstić information content (AvgIpc) is 2.27. The van der Waals surface area contributed by atoms with E-state index in [0.717, 1.165) is 29.6 Å². The Morgan fingerprint density at radius 1 is 0.824 bits per heavy atom. The van der Waals surface area contributed by atoms with Crippen LogP contribution in [0.1, 0.15) is 44.9 Å². The highest BCUT2D eigenvalue weighted by molar-refractivity contribution is 7.99. The summed E-state index contributed by atoms with van der Waals surface area (Å²) in [5.41, 5.74) is 7.10. The number of hydrogen-bond acceptors (Lipinski definition) is 2. The normalized spacial score (nSPS) is 51.7. The fourth-order valence-corrected chi connectivity index (χ4v) is 7.20. The van der Waals surface area contributed by atoms with Gasteiger partial charge in [0.2, 0.25) is 0 Å². The van der Waals surface area contributed by atoms with Gasteiger partial charge >= 0.3 is 0 Å². The van der Waals surface area contributed by atoms with Crippen molar-refractivity contribution in [3.63, 3.8) is 0 Å². The van der Waals surface area contributed by atoms with Crippen LogP contribution < -0.4 is 5.73 Å². The molecule has 0 aromatic heterocycles. The maximum atomic E-state index is 6.87. The first-order valence-electron chi connectivity index (χ1n) is 7.61. The van der Waals surface area contributed by atoms with Crippen LogP contribution in [-0.2, 0) is 0 Å². The van der Waals surface area contributed by atoms with Gasteiger partial charge in [-0.1, -0.05) is 0 Å². The number of thioether (sulfide) groups is 1. The first kappa shape index (κ1) is 11.2. The third-order valence-electron chi connectivity index (χ3n) is 6.31. The first-order valence-corrected chi connectivity index (χ1v) is 8.77. The third kappa shape index (κ3) is 1.70. The van der Waals surface area contributed by atoms with Crippen LogP contribution in [0.15, 0.2) is 0 Å². The topological polar surface area (TPSA) is 26.0 Å². The van der Waals surface area contributed by atoms with Crippen molar-refractivity contribution >= 4 is 11.8 Å². The van der Waals surface area contributed by atoms with Gasteiger partial charge < -0.3 is 5.73 Å². The molecule has 5 aliphatic rings. The van der Waals surface area contributed by atoms with Crippen molar-refractivity contribution in [2.75, 3.05) is 11.5 Å². The van der Waals surface area contributed by atoms with Crippen LogP contribution in [0.4, 0.5) is 0 Å². The highest BCUT2D eigenvalue weighted by Gasteiger charge is 2.54. The van der Waals surface area contributed by atoms with Gasteiger partial charge in [-0.3, -0.25) is 0 Å². The Bertz CT molecular complexity index is 280. The van der Waals surface area contributed by atoms with E-state index >= 15 is 0 Å². The minimum Gasteiger partial charge on any atom is -0.325 e. The summed E-state index contributed by atoms with van der Waals surface area (Å²) >= 11 is 2.12. The van der Waals surface area contributed by atoms with Crippen molar-refractivity contribution in [1.29, 1.82) is 0 Å². The van der Waals surface area contributed by atoms with Gasteiger partial charge in [0.05, 0.1) is 0 Å². The molecule has 0 unspecified atom stereocenters. The van der Waals surface area contributed by atoms with Crippen LogP contribution in [0.5, 0.6) is 0 Å². The summed E-state index contributed by atoms with van der Waals surface area (Å²) in [6, 6.07) is 0. The molecule has 1 aliphatic heterocycles. The SMILES string of the molecule is NC1(C2C3CC4CC(C3)CC2C4)CCSCC1. The number of hydrogen-bond donors (Lipinski definition) is 1. The molecule has 4 aliphatic carbocycles. The lowest BCUT2D eigenvalue weighted by Crippen LogP contribution is -2.60. The molecule has 4 saturated carbocycles. The lowest BCUT2D eigenvalue weighted by molar-refractivity contribution is -0.0715. The molecule has 2 heteroatoms. The molecule has 1 saturated heterocycles. The molecule has 5 rings (SSSR count). The van der Waals surface area contributed by atoms with Gasteiger partial charge in [-0.15, -0.1) is 0 Å². The van der Waals surface area contributed by atoms with E-state index in [4.69, 9.17) is 5.73 Å². The third-order valence-corrected chi connectivity index (χ3v) is 7.30. The Kier molecular flexibility index (Phi) is 2.56. The van der Waals surface area contributed by atoms with Crippen molar-refractivity contribution in [2.24, 2.45) is 35.3 Å². The second kappa shape index (κ2) is 3.90. The summed E-state index contributed by atoms with van der Waals surface area (Å²) in [5, 5.41) is 0. The van der Waals surface area contributed by atoms with E-state index in [0.29, 0.717) is 0 Å². The maximum Gasteiger partial charge on any atom is 0.0203 e. The van der Waals surface area contributed by atoms with E-state index in [1.54, 1.807) is 6.42 Å². The van der Waals surface area contributed by atoms with Crippen molar-refractivity contribution in [2.45, 2.75) is 50.5 Å². The minimum atomic E-state index is 0.230. The molecule has 0 atom stereocenters. The van der Waals surface area contributed by atoms with Gasteiger partial charge in [0, 0.05) is 5.54 Å². The molecule has 0 aromatic rings. The van der Waals surface area contributed by atoms with Crippen molar-refractivity contribution in [1.82, 2.24) is 0 Å². The summed E-state index contributed by atoms with van der Waals surface area (Å²) in [6.07, 6.45) is 10.3. The molecule has 0 aromatic carbocycles. The lowest BCUT2D eigenvalue weighted by Gasteiger charge is -2.60. The average molecular weight is 251 g/mol. The monoisotopic (exact) mass is 251 g/mol. The molecule has 0 radical (unpaired) electrons. The summed E-state index contributed by atoms with van der Waals surface area (Å²) < 4.78 is 0. The second-order valence-corrected chi connectivity index (χ2v) is 8.53. The molecule has 2 N–H and O–H groups in total. The smallest absolute Gasteiger partial charge is 0.0203 e. The second-order valence-electron chi connectivity index (χ2n) is 7.30. The molecule has 4 bridgehead atoms. The molecule has 1 nitrogen and oxygen atoms in total. The van der Waals surface area contributed by atoms with E-state index in [9.17, 15) is 0 Å². The zero-order valence-corrected chi connectivity index (χ0v) is 11.6. The maximum absolute atomic E-state index is 6.87. The Morgan fingerprint density at radius 3 is 1.88 bits per heavy atom. The van der Waals surface area contributed by atoms with Gasteiger partial charge in [0.15, 0.2) is 0 Å².